The highest BCUT2D eigenvalue weighted by atomic mass is 16.5. The van der Waals surface area contributed by atoms with E-state index in [1.54, 1.807) is 12.1 Å². The third-order valence-electron chi connectivity index (χ3n) is 2.45. The Kier molecular flexibility index (Phi) is 3.47. The van der Waals surface area contributed by atoms with Gasteiger partial charge in [0, 0.05) is 0 Å². The fraction of sp³-hybridized carbons (Fsp3) is 0. The Hall–Kier alpha value is -2.82. The second-order valence-electron chi connectivity index (χ2n) is 3.73. The number of ether oxygens (including phenoxy) is 1. The summed E-state index contributed by atoms with van der Waals surface area (Å²) in [6.07, 6.45) is 0. The molecule has 0 aliphatic rings. The third kappa shape index (κ3) is 2.90. The fourth-order valence-electron chi connectivity index (χ4n) is 1.52. The van der Waals surface area contributed by atoms with Gasteiger partial charge >= 0.3 is 11.9 Å². The Morgan fingerprint density at radius 3 is 2.05 bits per heavy atom. The Labute approximate surface area is 108 Å². The highest BCUT2D eigenvalue weighted by molar-refractivity contribution is 5.91. The van der Waals surface area contributed by atoms with Gasteiger partial charge in [-0.1, -0.05) is 12.1 Å². The van der Waals surface area contributed by atoms with E-state index in [-0.39, 0.29) is 16.9 Å². The topological polar surface area (TPSA) is 83.8 Å². The van der Waals surface area contributed by atoms with Crippen molar-refractivity contribution in [3.8, 4) is 11.5 Å². The Morgan fingerprint density at radius 2 is 1.47 bits per heavy atom. The van der Waals surface area contributed by atoms with Crippen LogP contribution in [0.5, 0.6) is 11.5 Å². The van der Waals surface area contributed by atoms with Crippen LogP contribution in [0.15, 0.2) is 48.5 Å². The molecule has 0 unspecified atom stereocenters. The number of hydrogen-bond acceptors (Lipinski definition) is 3. The second-order valence-corrected chi connectivity index (χ2v) is 3.73. The number of benzene rings is 2. The van der Waals surface area contributed by atoms with Gasteiger partial charge in [0.2, 0.25) is 0 Å². The van der Waals surface area contributed by atoms with E-state index in [2.05, 4.69) is 0 Å². The van der Waals surface area contributed by atoms with E-state index < -0.39 is 11.9 Å². The summed E-state index contributed by atoms with van der Waals surface area (Å²) in [5.41, 5.74) is 0.184. The lowest BCUT2D eigenvalue weighted by atomic mass is 10.2. The summed E-state index contributed by atoms with van der Waals surface area (Å²) in [5.74, 6) is -1.54. The van der Waals surface area contributed by atoms with E-state index in [0.717, 1.165) is 0 Å². The molecule has 0 aliphatic carbocycles. The lowest BCUT2D eigenvalue weighted by Gasteiger charge is -2.08. The Bertz CT molecular complexity index is 616. The number of rotatable bonds is 4. The third-order valence-corrected chi connectivity index (χ3v) is 2.45. The van der Waals surface area contributed by atoms with E-state index >= 15 is 0 Å². The molecule has 0 aliphatic heterocycles. The normalized spacial score (nSPS) is 9.89. The SMILES string of the molecule is O=C(O)c1ccc(Oc2ccccc2C(=O)O)cc1. The van der Waals surface area contributed by atoms with Crippen molar-refractivity contribution in [3.63, 3.8) is 0 Å². The van der Waals surface area contributed by atoms with Crippen molar-refractivity contribution in [2.75, 3.05) is 0 Å². The molecule has 5 heteroatoms. The van der Waals surface area contributed by atoms with Gasteiger partial charge in [-0.15, -0.1) is 0 Å². The quantitative estimate of drug-likeness (QED) is 0.880. The van der Waals surface area contributed by atoms with Crippen LogP contribution in [-0.2, 0) is 0 Å². The first-order chi connectivity index (χ1) is 9.08. The highest BCUT2D eigenvalue weighted by Crippen LogP contribution is 2.25. The monoisotopic (exact) mass is 258 g/mol. The van der Waals surface area contributed by atoms with Gasteiger partial charge in [0.1, 0.15) is 17.1 Å². The lowest BCUT2D eigenvalue weighted by molar-refractivity contribution is 0.0685. The molecule has 0 saturated heterocycles. The first kappa shape index (κ1) is 12.6. The summed E-state index contributed by atoms with van der Waals surface area (Å²) >= 11 is 0. The van der Waals surface area contributed by atoms with Crippen molar-refractivity contribution in [3.05, 3.63) is 59.7 Å². The van der Waals surface area contributed by atoms with Crippen LogP contribution in [-0.4, -0.2) is 22.2 Å². The summed E-state index contributed by atoms with van der Waals surface area (Å²) in [6, 6.07) is 12.0. The molecule has 0 spiro atoms. The van der Waals surface area contributed by atoms with Crippen LogP contribution in [0.4, 0.5) is 0 Å². The van der Waals surface area contributed by atoms with Gasteiger partial charge < -0.3 is 14.9 Å². The van der Waals surface area contributed by atoms with E-state index in [1.807, 2.05) is 0 Å². The summed E-state index contributed by atoms with van der Waals surface area (Å²) in [6.45, 7) is 0. The number of hydrogen-bond donors (Lipinski definition) is 2. The standard InChI is InChI=1S/C14H10O5/c15-13(16)9-5-7-10(8-6-9)19-12-4-2-1-3-11(12)14(17)18/h1-8H,(H,15,16)(H,17,18). The fourth-order valence-corrected chi connectivity index (χ4v) is 1.52. The van der Waals surface area contributed by atoms with Crippen LogP contribution >= 0.6 is 0 Å². The maximum absolute atomic E-state index is 11.0. The average Bonchev–Trinajstić information content (AvgIpc) is 2.39. The maximum atomic E-state index is 11.0. The molecule has 2 N–H and O–H groups in total. The van der Waals surface area contributed by atoms with E-state index in [9.17, 15) is 9.59 Å². The molecule has 0 saturated carbocycles. The van der Waals surface area contributed by atoms with Crippen LogP contribution in [0.1, 0.15) is 20.7 Å². The maximum Gasteiger partial charge on any atom is 0.339 e. The largest absolute Gasteiger partial charge is 0.478 e. The molecule has 0 fully saturated rings. The number of carboxylic acids is 2. The van der Waals surface area contributed by atoms with Gasteiger partial charge in [-0.25, -0.2) is 9.59 Å². The molecule has 0 bridgehead atoms. The molecule has 2 aromatic rings. The molecule has 19 heavy (non-hydrogen) atoms. The molecule has 0 atom stereocenters. The lowest BCUT2D eigenvalue weighted by Crippen LogP contribution is -2.00. The predicted octanol–water partition coefficient (Wildman–Crippen LogP) is 2.88. The molecule has 0 radical (unpaired) electrons. The number of para-hydroxylation sites is 1. The van der Waals surface area contributed by atoms with E-state index in [0.29, 0.717) is 5.75 Å². The zero-order valence-electron chi connectivity index (χ0n) is 9.74. The Balaban J connectivity index is 2.26. The van der Waals surface area contributed by atoms with Gasteiger partial charge in [0.05, 0.1) is 5.56 Å². The van der Waals surface area contributed by atoms with Gasteiger partial charge in [-0.3, -0.25) is 0 Å². The van der Waals surface area contributed by atoms with Gasteiger partial charge in [-0.2, -0.15) is 0 Å². The van der Waals surface area contributed by atoms with E-state index in [1.165, 1.54) is 36.4 Å². The minimum Gasteiger partial charge on any atom is -0.478 e. The van der Waals surface area contributed by atoms with Crippen LogP contribution in [0.2, 0.25) is 0 Å². The number of aromatic carboxylic acids is 2. The van der Waals surface area contributed by atoms with Crippen LogP contribution in [0.3, 0.4) is 0 Å². The first-order valence-corrected chi connectivity index (χ1v) is 5.41. The minimum atomic E-state index is -1.09. The highest BCUT2D eigenvalue weighted by Gasteiger charge is 2.11. The van der Waals surface area contributed by atoms with Crippen molar-refractivity contribution < 1.29 is 24.5 Å². The minimum absolute atomic E-state index is 0.0461. The molecule has 0 heterocycles. The number of carbonyl (C=O) groups is 2. The molecule has 0 aromatic heterocycles. The zero-order valence-corrected chi connectivity index (χ0v) is 9.74. The van der Waals surface area contributed by atoms with Crippen LogP contribution in [0.25, 0.3) is 0 Å². The summed E-state index contributed by atoms with van der Waals surface area (Å²) in [5, 5.41) is 17.8. The Morgan fingerprint density at radius 1 is 0.842 bits per heavy atom. The predicted molar refractivity (Wildman–Crippen MR) is 66.9 cm³/mol. The zero-order chi connectivity index (χ0) is 13.8. The number of carboxylic acid groups (broad SMARTS) is 2. The van der Waals surface area contributed by atoms with Crippen LogP contribution in [0, 0.1) is 0 Å². The molecule has 2 aromatic carbocycles. The molecule has 5 nitrogen and oxygen atoms in total. The summed E-state index contributed by atoms with van der Waals surface area (Å²) < 4.78 is 5.43. The smallest absolute Gasteiger partial charge is 0.339 e. The van der Waals surface area contributed by atoms with Crippen LogP contribution < -0.4 is 4.74 Å². The van der Waals surface area contributed by atoms with Crippen molar-refractivity contribution in [1.82, 2.24) is 0 Å². The van der Waals surface area contributed by atoms with Gasteiger partial charge in [-0.05, 0) is 36.4 Å². The summed E-state index contributed by atoms with van der Waals surface area (Å²) in [7, 11) is 0. The van der Waals surface area contributed by atoms with Crippen molar-refractivity contribution in [2.24, 2.45) is 0 Å². The van der Waals surface area contributed by atoms with Crippen molar-refractivity contribution in [2.45, 2.75) is 0 Å². The molecular formula is C14H10O5. The first-order valence-electron chi connectivity index (χ1n) is 5.41. The van der Waals surface area contributed by atoms with Crippen molar-refractivity contribution in [1.29, 1.82) is 0 Å². The molecule has 0 amide bonds. The van der Waals surface area contributed by atoms with Crippen molar-refractivity contribution >= 4 is 11.9 Å². The average molecular weight is 258 g/mol. The summed E-state index contributed by atoms with van der Waals surface area (Å²) in [4.78, 5) is 21.7. The van der Waals surface area contributed by atoms with Gasteiger partial charge in [0.15, 0.2) is 0 Å². The van der Waals surface area contributed by atoms with E-state index in [4.69, 9.17) is 14.9 Å². The molecular weight excluding hydrogens is 248 g/mol. The van der Waals surface area contributed by atoms with Gasteiger partial charge in [0.25, 0.3) is 0 Å². The second kappa shape index (κ2) is 5.22. The molecule has 2 rings (SSSR count). The molecule has 96 valence electrons.